The molecule has 0 saturated carbocycles. The van der Waals surface area contributed by atoms with Crippen LogP contribution in [0, 0.1) is 0 Å². The summed E-state index contributed by atoms with van der Waals surface area (Å²) in [5.41, 5.74) is -1.86. The van der Waals surface area contributed by atoms with Crippen LogP contribution in [0.1, 0.15) is 13.2 Å². The number of H-pyrrole nitrogens is 1. The maximum absolute atomic E-state index is 12.9. The predicted octanol–water partition coefficient (Wildman–Crippen LogP) is -6.71. The van der Waals surface area contributed by atoms with Crippen molar-refractivity contribution >= 4 is 29.4 Å². The minimum atomic E-state index is -5.92. The molecule has 3 aliphatic heterocycles. The number of hydrogen-bond donors (Lipinski definition) is 13. The average molecular weight is 849 g/mol. The Balaban J connectivity index is 1.40. The van der Waals surface area contributed by atoms with Gasteiger partial charge in [-0.25, -0.2) is 18.5 Å². The number of nitrogens with zero attached hydrogens (tertiary/aromatic N) is 1. The molecule has 1 aromatic rings. The Bertz CT molecular complexity index is 1730. The van der Waals surface area contributed by atoms with Gasteiger partial charge in [0.25, 0.3) is 5.56 Å². The Labute approximate surface area is 300 Å². The zero-order chi connectivity index (χ0) is 40.5. The first-order chi connectivity index (χ1) is 25.0. The summed E-state index contributed by atoms with van der Waals surface area (Å²) in [6, 6.07) is -1.07. The van der Waals surface area contributed by atoms with Crippen LogP contribution in [0.15, 0.2) is 21.9 Å². The zero-order valence-electron chi connectivity index (χ0n) is 27.3. The summed E-state index contributed by atoms with van der Waals surface area (Å²) in [4.78, 5) is 67.7. The summed E-state index contributed by atoms with van der Waals surface area (Å²) >= 11 is 0. The van der Waals surface area contributed by atoms with Crippen molar-refractivity contribution in [2.45, 2.75) is 92.8 Å². The van der Waals surface area contributed by atoms with Gasteiger partial charge in [0.1, 0.15) is 67.1 Å². The van der Waals surface area contributed by atoms with E-state index in [1.54, 1.807) is 0 Å². The van der Waals surface area contributed by atoms with Crippen molar-refractivity contribution in [3.05, 3.63) is 33.1 Å². The van der Waals surface area contributed by atoms with E-state index < -0.39 is 146 Å². The van der Waals surface area contributed by atoms with Crippen LogP contribution in [0.25, 0.3) is 0 Å². The molecule has 1 aromatic heterocycles. The van der Waals surface area contributed by atoms with Crippen molar-refractivity contribution in [1.82, 2.24) is 14.9 Å². The number of hydrogen-bond acceptors (Lipinski definition) is 22. The lowest BCUT2D eigenvalue weighted by molar-refractivity contribution is -0.282. The van der Waals surface area contributed by atoms with Crippen molar-refractivity contribution < 1.29 is 111 Å². The van der Waals surface area contributed by atoms with Gasteiger partial charge >= 0.3 is 29.2 Å². The second-order valence-electron chi connectivity index (χ2n) is 11.8. The van der Waals surface area contributed by atoms with E-state index in [1.807, 2.05) is 10.3 Å². The molecular weight excluding hydrogens is 811 g/mol. The number of amides is 1. The number of phosphoric ester groups is 3. The van der Waals surface area contributed by atoms with Crippen LogP contribution in [-0.2, 0) is 55.1 Å². The van der Waals surface area contributed by atoms with Gasteiger partial charge in [0.2, 0.25) is 5.91 Å². The number of nitrogens with one attached hydrogen (secondary N) is 2. The molecule has 0 bridgehead atoms. The first-order valence-corrected chi connectivity index (χ1v) is 19.7. The average Bonchev–Trinajstić information content (AvgIpc) is 3.34. The fraction of sp³-hybridized carbons (Fsp3) is 0.783. The number of ether oxygens (including phenoxy) is 3. The molecule has 4 rings (SSSR count). The molecule has 0 aromatic carbocycles. The van der Waals surface area contributed by atoms with Crippen molar-refractivity contribution in [3.63, 3.8) is 0 Å². The molecular formula is C23H38N3O25P3. The molecule has 3 aliphatic rings. The molecule has 1 amide bonds. The SMILES string of the molecule is CC(=O)N[C@H]1[C@@H](OP(=O)(O)OP(=O)(O)OC[C@H]2O[C@@H](n3ccc(=O)[nH]c3=O)[C@H](O)[C@@H]2O)O[C@H](COP(=O)(O)O[C@H]2O[C@H](CO)[C@H](O)[C@H](O)[C@H]2O)[C@@H](O)[C@@H]1O. The van der Waals surface area contributed by atoms with Crippen molar-refractivity contribution in [3.8, 4) is 0 Å². The van der Waals surface area contributed by atoms with Gasteiger partial charge in [-0.1, -0.05) is 0 Å². The van der Waals surface area contributed by atoms with Crippen LogP contribution < -0.4 is 16.6 Å². The molecule has 13 N–H and O–H groups in total. The van der Waals surface area contributed by atoms with Crippen LogP contribution in [0.5, 0.6) is 0 Å². The lowest BCUT2D eigenvalue weighted by Gasteiger charge is -2.42. The second-order valence-corrected chi connectivity index (χ2v) is 16.2. The third-order valence-corrected chi connectivity index (χ3v) is 11.4. The molecule has 3 saturated heterocycles. The summed E-state index contributed by atoms with van der Waals surface area (Å²) in [7, 11) is -17.0. The lowest BCUT2D eigenvalue weighted by atomic mass is 9.97. The number of rotatable bonds is 15. The third kappa shape index (κ3) is 10.9. The molecule has 3 fully saturated rings. The maximum Gasteiger partial charge on any atom is 0.483 e. The van der Waals surface area contributed by atoms with Crippen molar-refractivity contribution in [1.29, 1.82) is 0 Å². The monoisotopic (exact) mass is 849 g/mol. The van der Waals surface area contributed by atoms with Gasteiger partial charge in [-0.2, -0.15) is 4.31 Å². The summed E-state index contributed by atoms with van der Waals surface area (Å²) in [5.74, 6) is -0.949. The topological polar surface area (TPSA) is 432 Å². The molecule has 54 heavy (non-hydrogen) atoms. The number of carbonyl (C=O) groups excluding carboxylic acids is 1. The highest BCUT2D eigenvalue weighted by atomic mass is 31.3. The van der Waals surface area contributed by atoms with E-state index in [0.717, 1.165) is 19.2 Å². The first-order valence-electron chi connectivity index (χ1n) is 15.2. The number of aliphatic hydroxyl groups is 8. The third-order valence-electron chi connectivity index (χ3n) is 7.87. The Morgan fingerprint density at radius 1 is 0.759 bits per heavy atom. The number of aromatic nitrogens is 2. The van der Waals surface area contributed by atoms with Crippen molar-refractivity contribution in [2.75, 3.05) is 19.8 Å². The van der Waals surface area contributed by atoms with Gasteiger partial charge in [0.15, 0.2) is 18.8 Å². The van der Waals surface area contributed by atoms with E-state index in [-0.39, 0.29) is 0 Å². The van der Waals surface area contributed by atoms with E-state index in [2.05, 4.69) is 17.9 Å². The van der Waals surface area contributed by atoms with Crippen molar-refractivity contribution in [2.24, 2.45) is 0 Å². The van der Waals surface area contributed by atoms with E-state index in [0.29, 0.717) is 4.57 Å². The normalized spacial score (nSPS) is 39.3. The highest BCUT2D eigenvalue weighted by Crippen LogP contribution is 2.61. The largest absolute Gasteiger partial charge is 0.483 e. The number of phosphoric acid groups is 3. The van der Waals surface area contributed by atoms with E-state index >= 15 is 0 Å². The highest BCUT2D eigenvalue weighted by Gasteiger charge is 2.52. The number of aromatic amines is 1. The van der Waals surface area contributed by atoms with E-state index in [1.165, 1.54) is 0 Å². The van der Waals surface area contributed by atoms with Gasteiger partial charge in [-0.3, -0.25) is 37.2 Å². The van der Waals surface area contributed by atoms with E-state index in [4.69, 9.17) is 18.7 Å². The first kappa shape index (κ1) is 44.8. The van der Waals surface area contributed by atoms with Gasteiger partial charge in [-0.05, 0) is 0 Å². The number of aliphatic hydroxyl groups excluding tert-OH is 8. The second kappa shape index (κ2) is 17.7. The zero-order valence-corrected chi connectivity index (χ0v) is 30.0. The Hall–Kier alpha value is -1.92. The molecule has 28 nitrogen and oxygen atoms in total. The summed E-state index contributed by atoms with van der Waals surface area (Å²) in [5, 5.41) is 82.9. The summed E-state index contributed by atoms with van der Waals surface area (Å²) in [6.45, 7) is -2.44. The Morgan fingerprint density at radius 2 is 1.30 bits per heavy atom. The van der Waals surface area contributed by atoms with Gasteiger partial charge in [-0.15, -0.1) is 0 Å². The molecule has 4 heterocycles. The molecule has 0 spiro atoms. The Morgan fingerprint density at radius 3 is 1.89 bits per heavy atom. The smallest absolute Gasteiger partial charge is 0.394 e. The van der Waals surface area contributed by atoms with Crippen LogP contribution in [0.4, 0.5) is 0 Å². The molecule has 0 radical (unpaired) electrons. The lowest BCUT2D eigenvalue weighted by Crippen LogP contribution is -2.64. The van der Waals surface area contributed by atoms with Gasteiger partial charge in [0.05, 0.1) is 19.8 Å². The molecule has 0 aliphatic carbocycles. The Kier molecular flexibility index (Phi) is 14.7. The van der Waals surface area contributed by atoms with Crippen LogP contribution in [0.3, 0.4) is 0 Å². The quantitative estimate of drug-likeness (QED) is 0.0729. The summed E-state index contributed by atoms with van der Waals surface area (Å²) in [6.07, 6.45) is -24.7. The molecule has 3 unspecified atom stereocenters. The number of carbonyl (C=O) groups is 1. The molecule has 310 valence electrons. The van der Waals surface area contributed by atoms with Crippen LogP contribution >= 0.6 is 23.5 Å². The van der Waals surface area contributed by atoms with Crippen LogP contribution in [-0.4, -0.2) is 170 Å². The standard InChI is InChI=1S/C23H38N3O25P3/c1-7(28)24-12-16(33)14(31)10(6-44-52(38,39)50-22-19(36)17(34)13(30)8(4-27)47-22)48-21(12)49-54(42,43)51-53(40,41)45-5-9-15(32)18(35)20(46-9)26-3-2-11(29)25-23(26)37/h2-3,8-10,12-22,27,30-36H,4-6H2,1H3,(H,24,28)(H,38,39)(H,40,41)(H,42,43)(H,25,29,37)/t8-,9-,10-,12-,13+,14-,15-,16-,17+,18-,19-,20-,21-,22-/m1/s1. The molecule has 31 heteroatoms. The fourth-order valence-corrected chi connectivity index (χ4v) is 8.22. The maximum atomic E-state index is 12.9. The predicted molar refractivity (Wildman–Crippen MR) is 164 cm³/mol. The fourth-order valence-electron chi connectivity index (χ4n) is 5.23. The minimum absolute atomic E-state index is 0.673. The highest BCUT2D eigenvalue weighted by molar-refractivity contribution is 7.61. The summed E-state index contributed by atoms with van der Waals surface area (Å²) < 4.78 is 77.1. The van der Waals surface area contributed by atoms with E-state index in [9.17, 15) is 83.6 Å². The minimum Gasteiger partial charge on any atom is -0.394 e. The van der Waals surface area contributed by atoms with Gasteiger partial charge < -0.3 is 75.1 Å². The van der Waals surface area contributed by atoms with Crippen LogP contribution in [0.2, 0.25) is 0 Å². The van der Waals surface area contributed by atoms with Gasteiger partial charge in [0, 0.05) is 19.2 Å². The molecule has 17 atom stereocenters.